The molecule has 0 saturated carbocycles. The number of phenols is 1. The molecule has 0 aliphatic carbocycles. The van der Waals surface area contributed by atoms with E-state index in [1.54, 1.807) is 48.5 Å². The molecule has 4 aliphatic heterocycles. The number of aryl methyl sites for hydroxylation is 4. The zero-order chi connectivity index (χ0) is 81.5. The molecule has 612 valence electrons. The second-order valence-electron chi connectivity index (χ2n) is 29.0. The summed E-state index contributed by atoms with van der Waals surface area (Å²) >= 11 is 21.2. The van der Waals surface area contributed by atoms with Gasteiger partial charge in [-0.25, -0.2) is 0 Å². The van der Waals surface area contributed by atoms with Crippen molar-refractivity contribution in [3.05, 3.63) is 234 Å². The monoisotopic (exact) mass is 1960 g/mol. The molecule has 8 aromatic carbocycles. The number of hydrogen-bond acceptors (Lipinski definition) is 19. The summed E-state index contributed by atoms with van der Waals surface area (Å²) in [5, 5.41) is 38.1. The molecule has 33 heteroatoms. The quantitative estimate of drug-likeness (QED) is 0.0579. The molecule has 4 fully saturated rings. The van der Waals surface area contributed by atoms with Crippen LogP contribution in [0, 0.1) is 27.7 Å². The smallest absolute Gasteiger partial charge is 1.00 e. The summed E-state index contributed by atoms with van der Waals surface area (Å²) in [4.78, 5) is 9.00. The van der Waals surface area contributed by atoms with Gasteiger partial charge >= 0.3 is 127 Å². The Morgan fingerprint density at radius 2 is 0.693 bits per heavy atom. The standard InChI is InChI=1S/2C20H24BClO3.C14H14BClO3.C13H18BBrO2.C7H7ClO.C4H8O.C2H4O2.CH4.Cs.FH.IO4.H3N.Na/c2*1-14-12-17(10-11-18(14)22)23-13-15-6-8-16(9-7-15)21-24-19(2,3)20(4,5)25-21;1-10-8-13(6-7-14(10)16)19-9-11-2-4-12(5-3-11)15(17)18;1-12(2)13(3,4)17-14(16-12)11-7-5-10(9-15)6-8-11;1-5-4-6(9)2-3-7(5)8;1-2-4-5-3-1;1-2(3)4;;;;2-1(3,4)5;;/h2*6-12H,13H2,1-5H3;2-8,17-18H,9H2,1H3;5-8H,9H2,1-4H3;2-4,9H,1H3;1-4H2;1H3,(H,3,4);1H4;;1H;;1H3;/q;;;;;;;;+1;;-1;;+1/p-1. The van der Waals surface area contributed by atoms with Crippen molar-refractivity contribution >= 4 is 119 Å². The fourth-order valence-electron chi connectivity index (χ4n) is 9.79. The molecule has 0 aromatic heterocycles. The van der Waals surface area contributed by atoms with E-state index < -0.39 is 33.2 Å². The SMILES string of the molecule is C.C1CCOC1.CC(=O)O.CC1(C)OB(c2ccc(CBr)cc2)OC1(C)C.Cc1cc(O)ccc1Cl.Cc1cc(OCc2ccc(B(O)O)cc2)ccc1Cl.Cc1cc(OCc2ccc(B3OC(C)(C)C(C)(C)O3)cc2)ccc1Cl.Cc1cc(OCc2ccc(B3OC(C)(C)C(C)(C)O3)cc2)ccc1Cl.N.[Cs+].[F-].[Na+].[O-][I+3]([O-])([O-])[O-]. The summed E-state index contributed by atoms with van der Waals surface area (Å²) in [5.41, 5.74) is 10.0. The first-order valence-corrected chi connectivity index (χ1v) is 41.2. The number of aromatic hydroxyl groups is 1. The van der Waals surface area contributed by atoms with Gasteiger partial charge in [0.25, 0.3) is 5.97 Å². The number of phenolic OH excluding ortho intramolecular Hbond substituents is 1. The van der Waals surface area contributed by atoms with Crippen molar-refractivity contribution in [3.8, 4) is 23.0 Å². The molecular weight excluding hydrogens is 1860 g/mol. The second-order valence-corrected chi connectivity index (χ2v) is 33.3. The van der Waals surface area contributed by atoms with Gasteiger partial charge in [-0.3, -0.25) is 18.5 Å². The van der Waals surface area contributed by atoms with E-state index in [9.17, 15) is 0 Å². The first-order chi connectivity index (χ1) is 50.7. The molecule has 0 spiro atoms. The number of rotatable bonds is 14. The molecule has 4 heterocycles. The Morgan fingerprint density at radius 1 is 0.465 bits per heavy atom. The van der Waals surface area contributed by atoms with Crippen molar-refractivity contribution in [1.82, 2.24) is 6.15 Å². The largest absolute Gasteiger partial charge is 1.00 e. The van der Waals surface area contributed by atoms with Crippen LogP contribution in [0.2, 0.25) is 20.1 Å². The molecule has 7 N–H and O–H groups in total. The molecule has 8 aromatic rings. The third-order valence-corrected chi connectivity index (χ3v) is 20.9. The van der Waals surface area contributed by atoms with Crippen molar-refractivity contribution in [3.63, 3.8) is 0 Å². The predicted molar refractivity (Wildman–Crippen MR) is 440 cm³/mol. The number of alkyl halides is 1. The van der Waals surface area contributed by atoms with Gasteiger partial charge in [0.15, 0.2) is 0 Å². The summed E-state index contributed by atoms with van der Waals surface area (Å²) in [6.45, 7) is 37.0. The van der Waals surface area contributed by atoms with Crippen LogP contribution in [0.1, 0.15) is 155 Å². The third-order valence-electron chi connectivity index (χ3n) is 18.5. The summed E-state index contributed by atoms with van der Waals surface area (Å²) in [7, 11) is -2.36. The molecule has 12 rings (SSSR count). The van der Waals surface area contributed by atoms with Crippen LogP contribution in [-0.4, -0.2) is 102 Å². The van der Waals surface area contributed by atoms with Crippen LogP contribution in [0.25, 0.3) is 0 Å². The molecule has 4 aliphatic rings. The molecule has 0 unspecified atom stereocenters. The van der Waals surface area contributed by atoms with E-state index in [4.69, 9.17) is 132 Å². The minimum atomic E-state index is -5.94. The van der Waals surface area contributed by atoms with Crippen LogP contribution in [0.3, 0.4) is 0 Å². The maximum absolute atomic E-state index is 9.00. The Labute approximate surface area is 791 Å². The van der Waals surface area contributed by atoms with Gasteiger partial charge in [-0.05, 0) is 263 Å². The maximum atomic E-state index is 9.00. The van der Waals surface area contributed by atoms with Crippen LogP contribution < -0.4 is 179 Å². The van der Waals surface area contributed by atoms with Crippen LogP contribution >= 0.6 is 62.3 Å². The van der Waals surface area contributed by atoms with Crippen molar-refractivity contribution in [1.29, 1.82) is 0 Å². The summed E-state index contributed by atoms with van der Waals surface area (Å²) < 4.78 is 93.0. The average molecular weight is 1960 g/mol. The fraction of sp³-hybridized carbons (Fsp3) is 0.395. The first-order valence-electron chi connectivity index (χ1n) is 35.1. The van der Waals surface area contributed by atoms with Crippen LogP contribution in [0.4, 0.5) is 0 Å². The van der Waals surface area contributed by atoms with Gasteiger partial charge in [-0.2, -0.15) is 0 Å². The van der Waals surface area contributed by atoms with Gasteiger partial charge in [0, 0.05) is 45.6 Å². The Kier molecular flexibility index (Phi) is 50.3. The number of carboxylic acid groups (broad SMARTS) is 1. The number of hydrogen-bond donors (Lipinski definition) is 5. The van der Waals surface area contributed by atoms with E-state index in [2.05, 4.69) is 123 Å². The molecule has 0 atom stereocenters. The fourth-order valence-corrected chi connectivity index (χ4v) is 10.6. The number of ether oxygens (including phenoxy) is 4. The molecular formula is C81H106B4BrCl4CsFINNaO19. The Balaban J connectivity index is 0.00000135. The van der Waals surface area contributed by atoms with E-state index in [0.717, 1.165) is 108 Å². The van der Waals surface area contributed by atoms with E-state index in [0.29, 0.717) is 35.3 Å². The van der Waals surface area contributed by atoms with Crippen molar-refractivity contribution in [2.75, 3.05) is 13.2 Å². The zero-order valence-electron chi connectivity index (χ0n) is 67.9. The molecule has 4 saturated heterocycles. The van der Waals surface area contributed by atoms with Crippen LogP contribution in [0.15, 0.2) is 170 Å². The van der Waals surface area contributed by atoms with Gasteiger partial charge in [0.1, 0.15) is 62.9 Å². The van der Waals surface area contributed by atoms with E-state index in [1.807, 2.05) is 125 Å². The molecule has 0 bridgehead atoms. The number of carboxylic acids is 1. The minimum absolute atomic E-state index is 0. The summed E-state index contributed by atoms with van der Waals surface area (Å²) in [6.07, 6.45) is 2.56. The second kappa shape index (κ2) is 51.4. The molecule has 20 nitrogen and oxygen atoms in total. The number of aliphatic carboxylic acids is 1. The van der Waals surface area contributed by atoms with Crippen molar-refractivity contribution in [2.24, 2.45) is 0 Å². The third kappa shape index (κ3) is 37.9. The number of carbonyl (C=O) groups is 1. The average Bonchev–Trinajstić information content (AvgIpc) is 1.64. The molecule has 0 radical (unpaired) electrons. The van der Waals surface area contributed by atoms with Gasteiger partial charge in [0.05, 0.1) is 33.6 Å². The van der Waals surface area contributed by atoms with Crippen molar-refractivity contribution in [2.45, 2.75) is 197 Å². The zero-order valence-corrected chi connectivity index (χ0v) is 82.9. The van der Waals surface area contributed by atoms with Crippen LogP contribution in [-0.2, 0) is 62.6 Å². The first kappa shape index (κ1) is 111. The van der Waals surface area contributed by atoms with Gasteiger partial charge in [-0.1, -0.05) is 167 Å². The Bertz CT molecular complexity index is 3970. The molecule has 0 amide bonds. The summed E-state index contributed by atoms with van der Waals surface area (Å²) in [6, 6.07) is 53.3. The van der Waals surface area contributed by atoms with Crippen molar-refractivity contribution < 1.29 is 209 Å². The van der Waals surface area contributed by atoms with E-state index in [-0.39, 0.29) is 177 Å². The minimum Gasteiger partial charge on any atom is -1.00 e. The number of benzene rings is 8. The Hall–Kier alpha value is -2.52. The predicted octanol–water partition coefficient (Wildman–Crippen LogP) is 1.14. The van der Waals surface area contributed by atoms with Gasteiger partial charge in [-0.15, -0.1) is 0 Å². The molecule has 114 heavy (non-hydrogen) atoms. The van der Waals surface area contributed by atoms with E-state index in [1.165, 1.54) is 18.4 Å². The Morgan fingerprint density at radius 3 is 0.895 bits per heavy atom. The van der Waals surface area contributed by atoms with Gasteiger partial charge in [0.2, 0.25) is 0 Å². The number of halogens is 7. The topological polar surface area (TPSA) is 318 Å². The van der Waals surface area contributed by atoms with Crippen LogP contribution in [0.5, 0.6) is 23.0 Å². The normalized spacial score (nSPS) is 15.6. The van der Waals surface area contributed by atoms with Gasteiger partial charge < -0.3 is 78.0 Å². The summed E-state index contributed by atoms with van der Waals surface area (Å²) in [5.74, 6) is 1.82. The maximum Gasteiger partial charge on any atom is 1.00 e. The van der Waals surface area contributed by atoms with E-state index >= 15 is 0 Å².